The summed E-state index contributed by atoms with van der Waals surface area (Å²) < 4.78 is 5.54. The summed E-state index contributed by atoms with van der Waals surface area (Å²) in [6.45, 7) is 16.1. The molecule has 0 radical (unpaired) electrons. The molecule has 0 saturated carbocycles. The van der Waals surface area contributed by atoms with Crippen molar-refractivity contribution in [2.75, 3.05) is 19.7 Å². The number of hydrogen-bond donors (Lipinski definition) is 1. The van der Waals surface area contributed by atoms with Crippen LogP contribution in [0.1, 0.15) is 70.0 Å². The van der Waals surface area contributed by atoms with Gasteiger partial charge in [0.15, 0.2) is 0 Å². The van der Waals surface area contributed by atoms with Crippen molar-refractivity contribution in [3.63, 3.8) is 0 Å². The van der Waals surface area contributed by atoms with Gasteiger partial charge in [0, 0.05) is 29.8 Å². The Kier molecular flexibility index (Phi) is 5.01. The zero-order valence-electron chi connectivity index (χ0n) is 16.1. The number of carbonyl (C=O) groups is 1. The van der Waals surface area contributed by atoms with E-state index in [1.807, 2.05) is 24.0 Å². The normalized spacial score (nSPS) is 19.5. The van der Waals surface area contributed by atoms with Crippen LogP contribution in [-0.4, -0.2) is 41.7 Å². The first-order valence-corrected chi connectivity index (χ1v) is 8.70. The molecule has 0 aromatic heterocycles. The van der Waals surface area contributed by atoms with Crippen LogP contribution in [-0.2, 0) is 15.6 Å². The van der Waals surface area contributed by atoms with Crippen molar-refractivity contribution in [3.05, 3.63) is 28.8 Å². The number of aromatic hydroxyl groups is 1. The van der Waals surface area contributed by atoms with Crippen LogP contribution in [0.3, 0.4) is 0 Å². The fourth-order valence-electron chi connectivity index (χ4n) is 3.09. The second-order valence-corrected chi connectivity index (χ2v) is 8.85. The van der Waals surface area contributed by atoms with Crippen molar-refractivity contribution in [1.29, 1.82) is 0 Å². The van der Waals surface area contributed by atoms with Gasteiger partial charge in [-0.05, 0) is 29.9 Å². The lowest BCUT2D eigenvalue weighted by Gasteiger charge is -2.33. The van der Waals surface area contributed by atoms with Crippen molar-refractivity contribution in [3.8, 4) is 5.75 Å². The molecular formula is C20H31NO3. The van der Waals surface area contributed by atoms with Crippen LogP contribution in [0.5, 0.6) is 5.75 Å². The maximum atomic E-state index is 13.0. The molecule has 0 bridgehead atoms. The van der Waals surface area contributed by atoms with E-state index in [0.29, 0.717) is 31.0 Å². The van der Waals surface area contributed by atoms with Crippen LogP contribution in [0.2, 0.25) is 0 Å². The summed E-state index contributed by atoms with van der Waals surface area (Å²) in [6.07, 6.45) is 0.0592. The number of amides is 1. The minimum absolute atomic E-state index is 0.0150. The maximum Gasteiger partial charge on any atom is 0.254 e. The molecular weight excluding hydrogens is 302 g/mol. The smallest absolute Gasteiger partial charge is 0.254 e. The Hall–Kier alpha value is -1.55. The highest BCUT2D eigenvalue weighted by molar-refractivity contribution is 5.95. The van der Waals surface area contributed by atoms with Crippen molar-refractivity contribution in [2.24, 2.45) is 0 Å². The Balaban J connectivity index is 2.52. The number of ether oxygens (including phenoxy) is 1. The van der Waals surface area contributed by atoms with E-state index in [4.69, 9.17) is 4.74 Å². The molecule has 4 heteroatoms. The standard InChI is InChI=1S/C20H31NO3/c1-13-12-21(8-9-24-13)18(23)14-10-15(19(2,3)4)17(22)16(11-14)20(5,6)7/h10-11,13,22H,8-9,12H2,1-7H3. The number of phenols is 1. The Morgan fingerprint density at radius 3 is 2.04 bits per heavy atom. The number of nitrogens with zero attached hydrogens (tertiary/aromatic N) is 1. The van der Waals surface area contributed by atoms with E-state index in [1.165, 1.54) is 0 Å². The molecule has 1 aromatic carbocycles. The highest BCUT2D eigenvalue weighted by Crippen LogP contribution is 2.40. The number of rotatable bonds is 1. The molecule has 1 atom stereocenters. The van der Waals surface area contributed by atoms with Gasteiger partial charge in [-0.2, -0.15) is 0 Å². The summed E-state index contributed by atoms with van der Waals surface area (Å²) in [5.74, 6) is 0.322. The van der Waals surface area contributed by atoms with Gasteiger partial charge in [0.2, 0.25) is 0 Å². The molecule has 1 aliphatic rings. The van der Waals surface area contributed by atoms with Gasteiger partial charge < -0.3 is 14.7 Å². The highest BCUT2D eigenvalue weighted by Gasteiger charge is 2.30. The lowest BCUT2D eigenvalue weighted by atomic mass is 9.78. The molecule has 2 rings (SSSR count). The molecule has 1 aromatic rings. The topological polar surface area (TPSA) is 49.8 Å². The Morgan fingerprint density at radius 2 is 1.62 bits per heavy atom. The molecule has 1 fully saturated rings. The first-order chi connectivity index (χ1) is 10.9. The van der Waals surface area contributed by atoms with E-state index in [9.17, 15) is 9.90 Å². The van der Waals surface area contributed by atoms with Crippen LogP contribution in [0.25, 0.3) is 0 Å². The molecule has 1 heterocycles. The molecule has 1 amide bonds. The summed E-state index contributed by atoms with van der Waals surface area (Å²) in [5, 5.41) is 10.8. The fourth-order valence-corrected chi connectivity index (χ4v) is 3.09. The first-order valence-electron chi connectivity index (χ1n) is 8.70. The third-order valence-corrected chi connectivity index (χ3v) is 4.50. The van der Waals surface area contributed by atoms with E-state index >= 15 is 0 Å². The van der Waals surface area contributed by atoms with Gasteiger partial charge in [0.25, 0.3) is 5.91 Å². The monoisotopic (exact) mass is 333 g/mol. The summed E-state index contributed by atoms with van der Waals surface area (Å²) in [5.41, 5.74) is 1.81. The van der Waals surface area contributed by atoms with E-state index < -0.39 is 0 Å². The van der Waals surface area contributed by atoms with Crippen LogP contribution in [0, 0.1) is 0 Å². The Bertz CT molecular complexity index is 588. The molecule has 4 nitrogen and oxygen atoms in total. The lowest BCUT2D eigenvalue weighted by Crippen LogP contribution is -2.44. The van der Waals surface area contributed by atoms with Crippen LogP contribution in [0.15, 0.2) is 12.1 Å². The third-order valence-electron chi connectivity index (χ3n) is 4.50. The number of morpholine rings is 1. The minimum Gasteiger partial charge on any atom is -0.507 e. The largest absolute Gasteiger partial charge is 0.507 e. The van der Waals surface area contributed by atoms with Crippen molar-refractivity contribution >= 4 is 5.91 Å². The molecule has 134 valence electrons. The molecule has 24 heavy (non-hydrogen) atoms. The first kappa shape index (κ1) is 18.8. The Morgan fingerprint density at radius 1 is 1.12 bits per heavy atom. The summed E-state index contributed by atoms with van der Waals surface area (Å²) >= 11 is 0. The highest BCUT2D eigenvalue weighted by atomic mass is 16.5. The summed E-state index contributed by atoms with van der Waals surface area (Å²) in [7, 11) is 0. The van der Waals surface area contributed by atoms with Crippen molar-refractivity contribution in [1.82, 2.24) is 4.90 Å². The maximum absolute atomic E-state index is 13.0. The Labute approximate surface area is 145 Å². The van der Waals surface area contributed by atoms with Crippen LogP contribution >= 0.6 is 0 Å². The van der Waals surface area contributed by atoms with Gasteiger partial charge in [-0.3, -0.25) is 4.79 Å². The van der Waals surface area contributed by atoms with Gasteiger partial charge in [0.1, 0.15) is 5.75 Å². The average Bonchev–Trinajstić information content (AvgIpc) is 2.44. The number of hydrogen-bond acceptors (Lipinski definition) is 3. The third kappa shape index (κ3) is 3.92. The molecule has 0 aliphatic carbocycles. The second kappa shape index (κ2) is 6.40. The summed E-state index contributed by atoms with van der Waals surface area (Å²) in [4.78, 5) is 14.9. The van der Waals surface area contributed by atoms with E-state index in [-0.39, 0.29) is 22.8 Å². The molecule has 1 saturated heterocycles. The zero-order chi connectivity index (χ0) is 18.3. The predicted octanol–water partition coefficient (Wildman–Crippen LogP) is 3.85. The minimum atomic E-state index is -0.237. The van der Waals surface area contributed by atoms with Crippen molar-refractivity contribution < 1.29 is 14.6 Å². The van der Waals surface area contributed by atoms with Gasteiger partial charge in [-0.15, -0.1) is 0 Å². The lowest BCUT2D eigenvalue weighted by molar-refractivity contribution is -0.0124. The van der Waals surface area contributed by atoms with Crippen LogP contribution < -0.4 is 0 Å². The van der Waals surface area contributed by atoms with Gasteiger partial charge in [-0.1, -0.05) is 41.5 Å². The zero-order valence-corrected chi connectivity index (χ0v) is 16.1. The van der Waals surface area contributed by atoms with Crippen LogP contribution in [0.4, 0.5) is 0 Å². The fraction of sp³-hybridized carbons (Fsp3) is 0.650. The second-order valence-electron chi connectivity index (χ2n) is 8.85. The molecule has 1 unspecified atom stereocenters. The van der Waals surface area contributed by atoms with Gasteiger partial charge in [-0.25, -0.2) is 0 Å². The number of phenolic OH excluding ortho intramolecular Hbond substituents is 1. The predicted molar refractivity (Wildman–Crippen MR) is 96.8 cm³/mol. The van der Waals surface area contributed by atoms with E-state index in [1.54, 1.807) is 0 Å². The number of benzene rings is 1. The molecule has 1 aliphatic heterocycles. The van der Waals surface area contributed by atoms with Crippen molar-refractivity contribution in [2.45, 2.75) is 65.4 Å². The number of carbonyl (C=O) groups excluding carboxylic acids is 1. The van der Waals surface area contributed by atoms with Gasteiger partial charge in [0.05, 0.1) is 12.7 Å². The van der Waals surface area contributed by atoms with E-state index in [0.717, 1.165) is 11.1 Å². The average molecular weight is 333 g/mol. The molecule has 0 spiro atoms. The van der Waals surface area contributed by atoms with E-state index in [2.05, 4.69) is 41.5 Å². The molecule has 1 N–H and O–H groups in total. The summed E-state index contributed by atoms with van der Waals surface area (Å²) in [6, 6.07) is 3.71. The van der Waals surface area contributed by atoms with Gasteiger partial charge >= 0.3 is 0 Å². The SMILES string of the molecule is CC1CN(C(=O)c2cc(C(C)(C)C)c(O)c(C(C)(C)C)c2)CCO1. The quantitative estimate of drug-likeness (QED) is 0.849.